The molecule has 1 unspecified atom stereocenters. The lowest BCUT2D eigenvalue weighted by Gasteiger charge is -2.22. The predicted octanol–water partition coefficient (Wildman–Crippen LogP) is 3.06. The number of carbonyl (C=O) groups is 2. The Labute approximate surface area is 174 Å². The van der Waals surface area contributed by atoms with Gasteiger partial charge in [0.25, 0.3) is 0 Å². The third-order valence-corrected chi connectivity index (χ3v) is 7.26. The molecule has 156 valence electrons. The van der Waals surface area contributed by atoms with E-state index in [1.807, 2.05) is 31.2 Å². The number of Topliss-reactive ketones (excluding diaryl/α,β-unsaturated/α-hetero) is 1. The number of carbonyl (C=O) groups excluding carboxylic acids is 2. The number of fused-ring (bicyclic) bond motifs is 1. The van der Waals surface area contributed by atoms with Crippen molar-refractivity contribution in [3.63, 3.8) is 0 Å². The number of nitrogens with zero attached hydrogens (tertiary/aromatic N) is 1. The zero-order valence-corrected chi connectivity index (χ0v) is 17.3. The standard InChI is InChI=1S/C22H22N2O5S/c1-15-8-10-16(11-9-15)30(27,28)24-12-4-7-20(24)22(26)29-14-21(25)18-13-23-19-6-3-2-5-17(18)19/h2-3,5-6,8-11,13,20,23H,4,7,12,14H2,1H3. The Morgan fingerprint density at radius 2 is 1.87 bits per heavy atom. The van der Waals surface area contributed by atoms with Crippen LogP contribution >= 0.6 is 0 Å². The fourth-order valence-corrected chi connectivity index (χ4v) is 5.37. The van der Waals surface area contributed by atoms with Crippen molar-refractivity contribution in [2.24, 2.45) is 0 Å². The van der Waals surface area contributed by atoms with E-state index in [1.54, 1.807) is 18.3 Å². The Balaban J connectivity index is 1.46. The van der Waals surface area contributed by atoms with E-state index < -0.39 is 28.6 Å². The van der Waals surface area contributed by atoms with Gasteiger partial charge in [-0.25, -0.2) is 8.42 Å². The number of hydrogen-bond donors (Lipinski definition) is 1. The van der Waals surface area contributed by atoms with Crippen molar-refractivity contribution in [1.82, 2.24) is 9.29 Å². The molecular formula is C22H22N2O5S. The van der Waals surface area contributed by atoms with Gasteiger partial charge in [-0.2, -0.15) is 4.31 Å². The third-order valence-electron chi connectivity index (χ3n) is 5.34. The zero-order valence-electron chi connectivity index (χ0n) is 16.5. The fourth-order valence-electron chi connectivity index (χ4n) is 3.72. The molecule has 7 nitrogen and oxygen atoms in total. The molecule has 1 atom stereocenters. The van der Waals surface area contributed by atoms with E-state index in [9.17, 15) is 18.0 Å². The second-order valence-electron chi connectivity index (χ2n) is 7.37. The van der Waals surface area contributed by atoms with Crippen molar-refractivity contribution in [2.75, 3.05) is 13.2 Å². The van der Waals surface area contributed by atoms with Gasteiger partial charge in [-0.15, -0.1) is 0 Å². The summed E-state index contributed by atoms with van der Waals surface area (Å²) < 4.78 is 32.4. The van der Waals surface area contributed by atoms with Crippen LogP contribution < -0.4 is 0 Å². The van der Waals surface area contributed by atoms with Gasteiger partial charge < -0.3 is 9.72 Å². The van der Waals surface area contributed by atoms with Crippen molar-refractivity contribution in [3.05, 3.63) is 65.9 Å². The lowest BCUT2D eigenvalue weighted by atomic mass is 10.1. The van der Waals surface area contributed by atoms with Crippen LogP contribution in [-0.2, 0) is 19.6 Å². The second-order valence-corrected chi connectivity index (χ2v) is 9.26. The molecule has 2 aromatic carbocycles. The van der Waals surface area contributed by atoms with Crippen molar-refractivity contribution < 1.29 is 22.7 Å². The number of aryl methyl sites for hydroxylation is 1. The van der Waals surface area contributed by atoms with Crippen LogP contribution in [-0.4, -0.2) is 48.7 Å². The second kappa shape index (κ2) is 8.04. The number of esters is 1. The number of benzene rings is 2. The van der Waals surface area contributed by atoms with Gasteiger partial charge in [0.1, 0.15) is 6.04 Å². The quantitative estimate of drug-likeness (QED) is 0.483. The van der Waals surface area contributed by atoms with Crippen LogP contribution in [0.4, 0.5) is 0 Å². The molecule has 1 aliphatic rings. The van der Waals surface area contributed by atoms with Crippen LogP contribution in [0, 0.1) is 6.92 Å². The van der Waals surface area contributed by atoms with Crippen LogP contribution in [0.3, 0.4) is 0 Å². The minimum absolute atomic E-state index is 0.141. The zero-order chi connectivity index (χ0) is 21.3. The molecule has 2 heterocycles. The number of ketones is 1. The highest BCUT2D eigenvalue weighted by Crippen LogP contribution is 2.27. The first-order chi connectivity index (χ1) is 14.4. The van der Waals surface area contributed by atoms with Gasteiger partial charge in [0.2, 0.25) is 15.8 Å². The smallest absolute Gasteiger partial charge is 0.324 e. The molecule has 1 N–H and O–H groups in total. The Hall–Kier alpha value is -2.97. The number of hydrogen-bond acceptors (Lipinski definition) is 5. The molecule has 0 bridgehead atoms. The summed E-state index contributed by atoms with van der Waals surface area (Å²) >= 11 is 0. The van der Waals surface area contributed by atoms with Crippen LogP contribution in [0.2, 0.25) is 0 Å². The molecule has 30 heavy (non-hydrogen) atoms. The normalized spacial score (nSPS) is 17.3. The minimum atomic E-state index is -3.82. The van der Waals surface area contributed by atoms with Crippen LogP contribution in [0.5, 0.6) is 0 Å². The van der Waals surface area contributed by atoms with Gasteiger partial charge in [-0.1, -0.05) is 35.9 Å². The largest absolute Gasteiger partial charge is 0.456 e. The first-order valence-corrected chi connectivity index (χ1v) is 11.2. The molecule has 0 saturated carbocycles. The lowest BCUT2D eigenvalue weighted by Crippen LogP contribution is -2.41. The molecule has 0 radical (unpaired) electrons. The van der Waals surface area contributed by atoms with E-state index in [-0.39, 0.29) is 17.2 Å². The van der Waals surface area contributed by atoms with E-state index >= 15 is 0 Å². The average molecular weight is 426 g/mol. The monoisotopic (exact) mass is 426 g/mol. The number of ether oxygens (including phenoxy) is 1. The summed E-state index contributed by atoms with van der Waals surface area (Å²) in [6.45, 7) is 1.68. The average Bonchev–Trinajstić information content (AvgIpc) is 3.40. The number of rotatable bonds is 6. The topological polar surface area (TPSA) is 96.5 Å². The highest BCUT2D eigenvalue weighted by molar-refractivity contribution is 7.89. The van der Waals surface area contributed by atoms with Crippen molar-refractivity contribution in [2.45, 2.75) is 30.7 Å². The van der Waals surface area contributed by atoms with Gasteiger partial charge in [0.15, 0.2) is 6.61 Å². The van der Waals surface area contributed by atoms with Crippen molar-refractivity contribution in [1.29, 1.82) is 0 Å². The van der Waals surface area contributed by atoms with E-state index in [2.05, 4.69) is 4.98 Å². The molecule has 1 saturated heterocycles. The number of sulfonamides is 1. The van der Waals surface area contributed by atoms with Crippen LogP contribution in [0.25, 0.3) is 10.9 Å². The Bertz CT molecular complexity index is 1200. The van der Waals surface area contributed by atoms with Crippen LogP contribution in [0.1, 0.15) is 28.8 Å². The molecule has 3 aromatic rings. The summed E-state index contributed by atoms with van der Waals surface area (Å²) in [5.74, 6) is -1.04. The Kier molecular flexibility index (Phi) is 5.44. The fraction of sp³-hybridized carbons (Fsp3) is 0.273. The maximum atomic E-state index is 13.0. The highest BCUT2D eigenvalue weighted by atomic mass is 32.2. The maximum Gasteiger partial charge on any atom is 0.324 e. The molecule has 8 heteroatoms. The Morgan fingerprint density at radius 3 is 2.63 bits per heavy atom. The molecule has 0 amide bonds. The molecule has 1 fully saturated rings. The van der Waals surface area contributed by atoms with Crippen molar-refractivity contribution in [3.8, 4) is 0 Å². The number of para-hydroxylation sites is 1. The molecule has 4 rings (SSSR count). The van der Waals surface area contributed by atoms with E-state index in [0.717, 1.165) is 16.5 Å². The summed E-state index contributed by atoms with van der Waals surface area (Å²) in [4.78, 5) is 28.3. The molecule has 1 aliphatic heterocycles. The highest BCUT2D eigenvalue weighted by Gasteiger charge is 2.40. The van der Waals surface area contributed by atoms with Gasteiger partial charge in [0, 0.05) is 29.2 Å². The van der Waals surface area contributed by atoms with Crippen LogP contribution in [0.15, 0.2) is 59.6 Å². The molecule has 1 aromatic heterocycles. The summed E-state index contributed by atoms with van der Waals surface area (Å²) in [7, 11) is -3.82. The molecule has 0 aliphatic carbocycles. The Morgan fingerprint density at radius 1 is 1.13 bits per heavy atom. The summed E-state index contributed by atoms with van der Waals surface area (Å²) in [5, 5.41) is 0.753. The maximum absolute atomic E-state index is 13.0. The van der Waals surface area contributed by atoms with Gasteiger partial charge in [-0.05, 0) is 38.0 Å². The minimum Gasteiger partial charge on any atom is -0.456 e. The molecular weight excluding hydrogens is 404 g/mol. The summed E-state index contributed by atoms with van der Waals surface area (Å²) in [6.07, 6.45) is 2.51. The predicted molar refractivity (Wildman–Crippen MR) is 112 cm³/mol. The van der Waals surface area contributed by atoms with Gasteiger partial charge >= 0.3 is 5.97 Å². The SMILES string of the molecule is Cc1ccc(S(=O)(=O)N2CCCC2C(=O)OCC(=O)c2c[nH]c3ccccc23)cc1. The number of H-pyrrole nitrogens is 1. The lowest BCUT2D eigenvalue weighted by molar-refractivity contribution is -0.146. The number of aromatic amines is 1. The van der Waals surface area contributed by atoms with Gasteiger partial charge in [0.05, 0.1) is 4.90 Å². The van der Waals surface area contributed by atoms with E-state index in [4.69, 9.17) is 4.74 Å². The summed E-state index contributed by atoms with van der Waals surface area (Å²) in [5.41, 5.74) is 2.20. The first kappa shape index (κ1) is 20.3. The van der Waals surface area contributed by atoms with Gasteiger partial charge in [-0.3, -0.25) is 9.59 Å². The number of nitrogens with one attached hydrogen (secondary N) is 1. The molecule has 0 spiro atoms. The third kappa shape index (κ3) is 3.76. The first-order valence-electron chi connectivity index (χ1n) is 9.72. The number of aromatic nitrogens is 1. The van der Waals surface area contributed by atoms with E-state index in [1.165, 1.54) is 16.4 Å². The van der Waals surface area contributed by atoms with E-state index in [0.29, 0.717) is 18.4 Å². The summed E-state index contributed by atoms with van der Waals surface area (Å²) in [6, 6.07) is 12.9. The van der Waals surface area contributed by atoms with Crippen molar-refractivity contribution >= 4 is 32.7 Å².